The van der Waals surface area contributed by atoms with E-state index in [2.05, 4.69) is 75.7 Å². The Kier molecular flexibility index (Phi) is 5.77. The molecule has 0 spiro atoms. The van der Waals surface area contributed by atoms with Crippen LogP contribution < -0.4 is 9.64 Å². The molecule has 0 aliphatic carbocycles. The fourth-order valence-corrected chi connectivity index (χ4v) is 5.21. The second-order valence-corrected chi connectivity index (χ2v) is 9.59. The minimum absolute atomic E-state index is 0.503. The Morgan fingerprint density at radius 1 is 0.882 bits per heavy atom. The zero-order valence-corrected chi connectivity index (χ0v) is 20.2. The molecule has 0 atom stereocenters. The van der Waals surface area contributed by atoms with Crippen molar-refractivity contribution in [1.82, 2.24) is 19.4 Å². The Morgan fingerprint density at radius 3 is 2.38 bits per heavy atom. The normalized spacial score (nSPS) is 18.9. The second kappa shape index (κ2) is 9.06. The van der Waals surface area contributed by atoms with E-state index >= 15 is 0 Å². The molecular weight excluding hydrogens is 426 g/mol. The summed E-state index contributed by atoms with van der Waals surface area (Å²) in [5.41, 5.74) is 7.12. The zero-order chi connectivity index (χ0) is 23.1. The number of rotatable bonds is 4. The number of fused-ring (bicyclic) bond motifs is 3. The van der Waals surface area contributed by atoms with E-state index in [1.807, 2.05) is 0 Å². The third-order valence-electron chi connectivity index (χ3n) is 7.38. The molecule has 34 heavy (non-hydrogen) atoms. The molecule has 7 heteroatoms. The Morgan fingerprint density at radius 2 is 1.62 bits per heavy atom. The molecule has 2 fully saturated rings. The number of anilines is 1. The van der Waals surface area contributed by atoms with Crippen LogP contribution in [-0.2, 0) is 17.9 Å². The molecule has 2 saturated heterocycles. The molecule has 3 aromatic rings. The summed E-state index contributed by atoms with van der Waals surface area (Å²) in [6, 6.07) is 15.5. The van der Waals surface area contributed by atoms with Gasteiger partial charge in [-0.15, -0.1) is 0 Å². The van der Waals surface area contributed by atoms with Gasteiger partial charge in [-0.05, 0) is 49.4 Å². The Hall–Kier alpha value is -2.87. The number of imidazole rings is 1. The smallest absolute Gasteiger partial charge is 0.152 e. The van der Waals surface area contributed by atoms with Gasteiger partial charge in [-0.3, -0.25) is 9.47 Å². The highest BCUT2D eigenvalue weighted by atomic mass is 16.5. The van der Waals surface area contributed by atoms with Crippen molar-refractivity contribution in [2.24, 2.45) is 0 Å². The van der Waals surface area contributed by atoms with Gasteiger partial charge >= 0.3 is 0 Å². The van der Waals surface area contributed by atoms with E-state index in [0.29, 0.717) is 6.61 Å². The molecule has 1 aromatic heterocycles. The maximum atomic E-state index is 6.17. The lowest BCUT2D eigenvalue weighted by Gasteiger charge is -2.34. The second-order valence-electron chi connectivity index (χ2n) is 9.59. The Balaban J connectivity index is 1.23. The van der Waals surface area contributed by atoms with E-state index in [1.54, 1.807) is 0 Å². The van der Waals surface area contributed by atoms with Crippen LogP contribution in [-0.4, -0.2) is 78.9 Å². The van der Waals surface area contributed by atoms with Crippen molar-refractivity contribution in [1.29, 1.82) is 0 Å². The van der Waals surface area contributed by atoms with Crippen LogP contribution in [0, 0.1) is 6.92 Å². The highest BCUT2D eigenvalue weighted by Crippen LogP contribution is 2.36. The van der Waals surface area contributed by atoms with Gasteiger partial charge in [0.05, 0.1) is 24.6 Å². The number of morpholine rings is 1. The standard InChI is InChI=1S/C27H33N5O2/c1-20-24(18-30-13-15-33-16-14-30)28-27-19-34-26-17-22(5-8-25(26)32(20)27)21-3-6-23(7-4-21)31-11-9-29(2)10-12-31/h3-8,17H,9-16,18-19H2,1-2H3. The van der Waals surface area contributed by atoms with E-state index in [9.17, 15) is 0 Å². The summed E-state index contributed by atoms with van der Waals surface area (Å²) in [7, 11) is 2.19. The monoisotopic (exact) mass is 459 g/mol. The highest BCUT2D eigenvalue weighted by molar-refractivity contribution is 5.70. The molecule has 2 aromatic carbocycles. The average Bonchev–Trinajstić information content (AvgIpc) is 3.20. The van der Waals surface area contributed by atoms with Crippen LogP contribution in [0.1, 0.15) is 17.2 Å². The van der Waals surface area contributed by atoms with Crippen LogP contribution in [0.25, 0.3) is 16.8 Å². The molecule has 4 heterocycles. The summed E-state index contributed by atoms with van der Waals surface area (Å²) in [5, 5.41) is 0. The minimum atomic E-state index is 0.503. The Bertz CT molecular complexity index is 1160. The van der Waals surface area contributed by atoms with Crippen molar-refractivity contribution in [3.05, 3.63) is 59.7 Å². The third kappa shape index (κ3) is 4.08. The number of piperazine rings is 1. The molecule has 3 aliphatic heterocycles. The first-order valence-electron chi connectivity index (χ1n) is 12.3. The van der Waals surface area contributed by atoms with Gasteiger partial charge < -0.3 is 19.3 Å². The van der Waals surface area contributed by atoms with E-state index < -0.39 is 0 Å². The molecule has 6 rings (SSSR count). The zero-order valence-electron chi connectivity index (χ0n) is 20.2. The van der Waals surface area contributed by atoms with Crippen LogP contribution >= 0.6 is 0 Å². The molecule has 0 radical (unpaired) electrons. The Labute approximate surface area is 201 Å². The van der Waals surface area contributed by atoms with Crippen molar-refractivity contribution in [2.45, 2.75) is 20.1 Å². The van der Waals surface area contributed by atoms with Crippen LogP contribution in [0.2, 0.25) is 0 Å². The fourth-order valence-electron chi connectivity index (χ4n) is 5.21. The van der Waals surface area contributed by atoms with Crippen molar-refractivity contribution in [3.8, 4) is 22.6 Å². The number of likely N-dealkylation sites (N-methyl/N-ethyl adjacent to an activating group) is 1. The quantitative estimate of drug-likeness (QED) is 0.597. The first-order valence-corrected chi connectivity index (χ1v) is 12.3. The van der Waals surface area contributed by atoms with E-state index in [4.69, 9.17) is 14.5 Å². The van der Waals surface area contributed by atoms with Crippen molar-refractivity contribution in [3.63, 3.8) is 0 Å². The molecule has 0 amide bonds. The topological polar surface area (TPSA) is 46.0 Å². The number of ether oxygens (including phenoxy) is 2. The fraction of sp³-hybridized carbons (Fsp3) is 0.444. The lowest BCUT2D eigenvalue weighted by Crippen LogP contribution is -2.44. The van der Waals surface area contributed by atoms with Crippen molar-refractivity contribution >= 4 is 5.69 Å². The van der Waals surface area contributed by atoms with E-state index in [0.717, 1.165) is 82.0 Å². The number of benzene rings is 2. The van der Waals surface area contributed by atoms with Crippen molar-refractivity contribution < 1.29 is 9.47 Å². The van der Waals surface area contributed by atoms with Crippen LogP contribution in [0.4, 0.5) is 5.69 Å². The maximum Gasteiger partial charge on any atom is 0.152 e. The summed E-state index contributed by atoms with van der Waals surface area (Å²) in [5.74, 6) is 1.91. The number of nitrogens with zero attached hydrogens (tertiary/aromatic N) is 5. The number of aromatic nitrogens is 2. The summed E-state index contributed by atoms with van der Waals surface area (Å²) in [6.07, 6.45) is 0. The minimum Gasteiger partial charge on any atom is -0.483 e. The summed E-state index contributed by atoms with van der Waals surface area (Å²) in [6.45, 7) is 11.5. The molecule has 7 nitrogen and oxygen atoms in total. The van der Waals surface area contributed by atoms with Gasteiger partial charge in [-0.25, -0.2) is 4.98 Å². The molecule has 0 unspecified atom stereocenters. The van der Waals surface area contributed by atoms with Gasteiger partial charge in [-0.2, -0.15) is 0 Å². The predicted molar refractivity (Wildman–Crippen MR) is 134 cm³/mol. The van der Waals surface area contributed by atoms with E-state index in [1.165, 1.54) is 22.5 Å². The van der Waals surface area contributed by atoms with E-state index in [-0.39, 0.29) is 0 Å². The van der Waals surface area contributed by atoms with Gasteiger partial charge in [0.15, 0.2) is 5.82 Å². The first-order chi connectivity index (χ1) is 16.7. The molecule has 0 bridgehead atoms. The average molecular weight is 460 g/mol. The summed E-state index contributed by atoms with van der Waals surface area (Å²) < 4.78 is 13.9. The predicted octanol–water partition coefficient (Wildman–Crippen LogP) is 3.32. The van der Waals surface area contributed by atoms with Gasteiger partial charge in [0, 0.05) is 57.2 Å². The third-order valence-corrected chi connectivity index (χ3v) is 7.38. The lowest BCUT2D eigenvalue weighted by molar-refractivity contribution is 0.0336. The highest BCUT2D eigenvalue weighted by Gasteiger charge is 2.25. The molecule has 3 aliphatic rings. The lowest BCUT2D eigenvalue weighted by atomic mass is 10.0. The van der Waals surface area contributed by atoms with Gasteiger partial charge in [0.2, 0.25) is 0 Å². The summed E-state index contributed by atoms with van der Waals surface area (Å²) >= 11 is 0. The summed E-state index contributed by atoms with van der Waals surface area (Å²) in [4.78, 5) is 12.2. The maximum absolute atomic E-state index is 6.17. The largest absolute Gasteiger partial charge is 0.483 e. The van der Waals surface area contributed by atoms with Crippen LogP contribution in [0.5, 0.6) is 5.75 Å². The van der Waals surface area contributed by atoms with Crippen LogP contribution in [0.3, 0.4) is 0 Å². The van der Waals surface area contributed by atoms with Gasteiger partial charge in [-0.1, -0.05) is 18.2 Å². The molecule has 178 valence electrons. The number of hydrogen-bond donors (Lipinski definition) is 0. The molecule has 0 saturated carbocycles. The van der Waals surface area contributed by atoms with Gasteiger partial charge in [0.1, 0.15) is 12.4 Å². The first kappa shape index (κ1) is 21.6. The van der Waals surface area contributed by atoms with Crippen LogP contribution in [0.15, 0.2) is 42.5 Å². The van der Waals surface area contributed by atoms with Gasteiger partial charge in [0.25, 0.3) is 0 Å². The number of hydrogen-bond acceptors (Lipinski definition) is 6. The molecular formula is C27H33N5O2. The van der Waals surface area contributed by atoms with Crippen molar-refractivity contribution in [2.75, 3.05) is 64.4 Å². The SMILES string of the molecule is Cc1c(CN2CCOCC2)nc2n1-c1ccc(-c3ccc(N4CCN(C)CC4)cc3)cc1OC2. The molecule has 0 N–H and O–H groups in total.